The first-order valence-electron chi connectivity index (χ1n) is 7.96. The lowest BCUT2D eigenvalue weighted by Gasteiger charge is -2.33. The Morgan fingerprint density at radius 1 is 1.38 bits per heavy atom. The second-order valence-electron chi connectivity index (χ2n) is 5.79. The van der Waals surface area contributed by atoms with Crippen molar-refractivity contribution < 1.29 is 14.5 Å². The van der Waals surface area contributed by atoms with Crippen LogP contribution in [-0.2, 0) is 4.79 Å². The summed E-state index contributed by atoms with van der Waals surface area (Å²) < 4.78 is 5.83. The zero-order valence-corrected chi connectivity index (χ0v) is 14.5. The van der Waals surface area contributed by atoms with E-state index in [1.165, 1.54) is 12.1 Å². The average molecular weight is 358 g/mol. The van der Waals surface area contributed by atoms with Gasteiger partial charge < -0.3 is 15.4 Å². The molecule has 0 radical (unpaired) electrons. The second-order valence-corrected chi connectivity index (χ2v) is 5.79. The van der Waals surface area contributed by atoms with Crippen molar-refractivity contribution in [1.82, 2.24) is 4.90 Å². The topological polar surface area (TPSA) is 98.7 Å². The van der Waals surface area contributed by atoms with Gasteiger partial charge in [0.05, 0.1) is 11.0 Å². The number of likely N-dealkylation sites (tertiary alicyclic amines) is 1. The molecule has 0 spiro atoms. The molecule has 134 valence electrons. The fraction of sp³-hybridized carbons (Fsp3) is 0.562. The van der Waals surface area contributed by atoms with Crippen LogP contribution in [0, 0.1) is 10.1 Å². The van der Waals surface area contributed by atoms with Crippen molar-refractivity contribution in [2.24, 2.45) is 5.73 Å². The summed E-state index contributed by atoms with van der Waals surface area (Å²) in [5.41, 5.74) is 5.92. The Bertz CT molecular complexity index is 545. The van der Waals surface area contributed by atoms with E-state index in [0.29, 0.717) is 25.3 Å². The van der Waals surface area contributed by atoms with Gasteiger partial charge in [-0.25, -0.2) is 0 Å². The Balaban J connectivity index is 0.00000288. The lowest BCUT2D eigenvalue weighted by Crippen LogP contribution is -2.48. The van der Waals surface area contributed by atoms with Crippen LogP contribution in [0.2, 0.25) is 0 Å². The molecule has 1 atom stereocenters. The zero-order chi connectivity index (χ0) is 16.8. The average Bonchev–Trinajstić information content (AvgIpc) is 2.55. The van der Waals surface area contributed by atoms with E-state index in [2.05, 4.69) is 0 Å². The third kappa shape index (κ3) is 5.35. The molecule has 1 fully saturated rings. The highest BCUT2D eigenvalue weighted by Gasteiger charge is 2.26. The summed E-state index contributed by atoms with van der Waals surface area (Å²) in [4.78, 5) is 24.1. The minimum Gasteiger partial charge on any atom is -0.490 e. The van der Waals surface area contributed by atoms with Crippen molar-refractivity contribution in [3.63, 3.8) is 0 Å². The maximum atomic E-state index is 12.2. The molecule has 1 amide bonds. The number of amides is 1. The van der Waals surface area contributed by atoms with E-state index in [9.17, 15) is 14.9 Å². The van der Waals surface area contributed by atoms with E-state index in [1.54, 1.807) is 17.0 Å². The van der Waals surface area contributed by atoms with Gasteiger partial charge in [0, 0.05) is 38.1 Å². The normalized spacial score (nSPS) is 16.2. The van der Waals surface area contributed by atoms with Crippen molar-refractivity contribution in [2.75, 3.05) is 13.1 Å². The van der Waals surface area contributed by atoms with Crippen LogP contribution in [-0.4, -0.2) is 41.0 Å². The van der Waals surface area contributed by atoms with Crippen LogP contribution >= 0.6 is 12.4 Å². The van der Waals surface area contributed by atoms with Crippen LogP contribution in [0.25, 0.3) is 0 Å². The smallest absolute Gasteiger partial charge is 0.269 e. The minimum atomic E-state index is -0.437. The van der Waals surface area contributed by atoms with Gasteiger partial charge in [0.1, 0.15) is 11.9 Å². The van der Waals surface area contributed by atoms with E-state index < -0.39 is 11.0 Å². The van der Waals surface area contributed by atoms with E-state index >= 15 is 0 Å². The molecular formula is C16H24ClN3O4. The molecule has 24 heavy (non-hydrogen) atoms. The number of hydrogen-bond acceptors (Lipinski definition) is 5. The third-order valence-electron chi connectivity index (χ3n) is 4.02. The maximum absolute atomic E-state index is 12.2. The van der Waals surface area contributed by atoms with Gasteiger partial charge in [0.2, 0.25) is 5.91 Å². The molecule has 2 N–H and O–H groups in total. The van der Waals surface area contributed by atoms with Crippen molar-refractivity contribution in [1.29, 1.82) is 0 Å². The standard InChI is InChI=1S/C16H23N3O4.ClH/c1-2-3-15(17)16(20)18-10-8-14(9-11-18)23-13-6-4-12(5-7-13)19(21)22;/h4-7,14-15H,2-3,8-11,17H2,1H3;1H. The molecule has 0 aliphatic carbocycles. The first kappa shape index (κ1) is 20.2. The van der Waals surface area contributed by atoms with Gasteiger partial charge in [0.15, 0.2) is 0 Å². The van der Waals surface area contributed by atoms with Gasteiger partial charge in [-0.2, -0.15) is 0 Å². The number of nitro groups is 1. The molecule has 1 aliphatic rings. The molecule has 1 heterocycles. The summed E-state index contributed by atoms with van der Waals surface area (Å²) >= 11 is 0. The van der Waals surface area contributed by atoms with E-state index in [0.717, 1.165) is 19.3 Å². The van der Waals surface area contributed by atoms with Crippen LogP contribution in [0.5, 0.6) is 5.75 Å². The summed E-state index contributed by atoms with van der Waals surface area (Å²) in [6.45, 7) is 3.28. The molecule has 2 rings (SSSR count). The first-order valence-corrected chi connectivity index (χ1v) is 7.96. The Labute approximate surface area is 147 Å². The summed E-state index contributed by atoms with van der Waals surface area (Å²) in [6, 6.07) is 5.65. The number of nitro benzene ring substituents is 1. The Hall–Kier alpha value is -1.86. The van der Waals surface area contributed by atoms with Crippen molar-refractivity contribution in [3.05, 3.63) is 34.4 Å². The largest absolute Gasteiger partial charge is 0.490 e. The summed E-state index contributed by atoms with van der Waals surface area (Å²) in [7, 11) is 0. The highest BCUT2D eigenvalue weighted by molar-refractivity contribution is 5.85. The van der Waals surface area contributed by atoms with Gasteiger partial charge in [0.25, 0.3) is 5.69 Å². The minimum absolute atomic E-state index is 0. The maximum Gasteiger partial charge on any atom is 0.269 e. The SMILES string of the molecule is CCCC(N)C(=O)N1CCC(Oc2ccc([N+](=O)[O-])cc2)CC1.Cl. The van der Waals surface area contributed by atoms with Crippen LogP contribution in [0.3, 0.4) is 0 Å². The van der Waals surface area contributed by atoms with E-state index in [1.807, 2.05) is 6.92 Å². The number of piperidine rings is 1. The monoisotopic (exact) mass is 357 g/mol. The van der Waals surface area contributed by atoms with Gasteiger partial charge in [-0.15, -0.1) is 12.4 Å². The summed E-state index contributed by atoms with van der Waals surface area (Å²) in [6.07, 6.45) is 3.09. The number of nitrogens with zero attached hydrogens (tertiary/aromatic N) is 2. The van der Waals surface area contributed by atoms with Crippen LogP contribution in [0.1, 0.15) is 32.6 Å². The molecule has 1 aliphatic heterocycles. The molecule has 0 bridgehead atoms. The number of carbonyl (C=O) groups is 1. The predicted octanol–water partition coefficient (Wildman–Crippen LogP) is 2.51. The molecular weight excluding hydrogens is 334 g/mol. The lowest BCUT2D eigenvalue weighted by atomic mass is 10.1. The lowest BCUT2D eigenvalue weighted by molar-refractivity contribution is -0.384. The number of rotatable bonds is 6. The van der Waals surface area contributed by atoms with Gasteiger partial charge in [-0.1, -0.05) is 13.3 Å². The first-order chi connectivity index (χ1) is 11.0. The fourth-order valence-electron chi connectivity index (χ4n) is 2.70. The number of carbonyl (C=O) groups excluding carboxylic acids is 1. The quantitative estimate of drug-likeness (QED) is 0.623. The molecule has 1 aromatic rings. The van der Waals surface area contributed by atoms with Gasteiger partial charge >= 0.3 is 0 Å². The number of ether oxygens (including phenoxy) is 1. The van der Waals surface area contributed by atoms with Crippen molar-refractivity contribution >= 4 is 24.0 Å². The number of nitrogens with two attached hydrogens (primary N) is 1. The Morgan fingerprint density at radius 3 is 2.46 bits per heavy atom. The van der Waals surface area contributed by atoms with Gasteiger partial charge in [-0.3, -0.25) is 14.9 Å². The zero-order valence-electron chi connectivity index (χ0n) is 13.7. The summed E-state index contributed by atoms with van der Waals surface area (Å²) in [5.74, 6) is 0.628. The van der Waals surface area contributed by atoms with Crippen molar-refractivity contribution in [3.8, 4) is 5.75 Å². The van der Waals surface area contributed by atoms with Crippen LogP contribution < -0.4 is 10.5 Å². The van der Waals surface area contributed by atoms with Crippen LogP contribution in [0.15, 0.2) is 24.3 Å². The number of hydrogen-bond donors (Lipinski definition) is 1. The Morgan fingerprint density at radius 2 is 1.96 bits per heavy atom. The molecule has 0 saturated carbocycles. The summed E-state index contributed by atoms with van der Waals surface area (Å²) in [5, 5.41) is 10.6. The number of halogens is 1. The molecule has 1 unspecified atom stereocenters. The molecule has 1 aromatic carbocycles. The highest BCUT2D eigenvalue weighted by Crippen LogP contribution is 2.22. The molecule has 8 heteroatoms. The third-order valence-corrected chi connectivity index (χ3v) is 4.02. The molecule has 1 saturated heterocycles. The van der Waals surface area contributed by atoms with Crippen molar-refractivity contribution in [2.45, 2.75) is 44.8 Å². The number of benzene rings is 1. The van der Waals surface area contributed by atoms with Gasteiger partial charge in [-0.05, 0) is 18.6 Å². The van der Waals surface area contributed by atoms with E-state index in [4.69, 9.17) is 10.5 Å². The fourth-order valence-corrected chi connectivity index (χ4v) is 2.70. The second kappa shape index (κ2) is 9.44. The Kier molecular flexibility index (Phi) is 7.94. The number of non-ortho nitro benzene ring substituents is 1. The molecule has 0 aromatic heterocycles. The molecule has 7 nitrogen and oxygen atoms in total. The predicted molar refractivity (Wildman–Crippen MR) is 93.5 cm³/mol. The highest BCUT2D eigenvalue weighted by atomic mass is 35.5. The van der Waals surface area contributed by atoms with E-state index in [-0.39, 0.29) is 30.1 Å². The van der Waals surface area contributed by atoms with Crippen LogP contribution in [0.4, 0.5) is 5.69 Å².